The SMILES string of the molecule is O=C([O-])c1ccc(C(F)(F)F)nc1.[Na+]. The largest absolute Gasteiger partial charge is 1.00 e. The molecular weight excluding hydrogens is 210 g/mol. The Morgan fingerprint density at radius 3 is 2.21 bits per heavy atom. The molecule has 0 bridgehead atoms. The Hall–Kier alpha value is -0.590. The number of carboxylic acids is 1. The molecule has 0 aliphatic heterocycles. The van der Waals surface area contributed by atoms with E-state index in [4.69, 9.17) is 0 Å². The van der Waals surface area contributed by atoms with Crippen LogP contribution in [0.15, 0.2) is 18.3 Å². The average molecular weight is 213 g/mol. The number of aromatic nitrogens is 1. The van der Waals surface area contributed by atoms with Gasteiger partial charge in [-0.15, -0.1) is 0 Å². The maximum absolute atomic E-state index is 11.9. The Labute approximate surface area is 99.2 Å². The van der Waals surface area contributed by atoms with E-state index in [-0.39, 0.29) is 35.1 Å². The summed E-state index contributed by atoms with van der Waals surface area (Å²) in [6.07, 6.45) is -3.94. The molecule has 0 saturated carbocycles. The molecule has 0 N–H and O–H groups in total. The van der Waals surface area contributed by atoms with E-state index in [1.54, 1.807) is 0 Å². The number of carboxylic acid groups (broad SMARTS) is 1. The van der Waals surface area contributed by atoms with Crippen LogP contribution in [-0.4, -0.2) is 11.0 Å². The number of carbonyl (C=O) groups is 1. The van der Waals surface area contributed by atoms with E-state index in [0.29, 0.717) is 12.3 Å². The van der Waals surface area contributed by atoms with Crippen LogP contribution in [0.25, 0.3) is 0 Å². The standard InChI is InChI=1S/C7H4F3NO2.Na/c8-7(9,10)5-2-1-4(3-11-5)6(12)13;/h1-3H,(H,12,13);/q;+1/p-1. The first-order valence-corrected chi connectivity index (χ1v) is 3.16. The van der Waals surface area contributed by atoms with Gasteiger partial charge in [0, 0.05) is 11.8 Å². The van der Waals surface area contributed by atoms with Gasteiger partial charge >= 0.3 is 35.7 Å². The molecule has 0 aromatic carbocycles. The fraction of sp³-hybridized carbons (Fsp3) is 0.143. The molecular formula is C7H3F3NNaO2. The Morgan fingerprint density at radius 2 is 1.93 bits per heavy atom. The molecule has 7 heteroatoms. The van der Waals surface area contributed by atoms with Crippen LogP contribution in [0.4, 0.5) is 13.2 Å². The Balaban J connectivity index is 0.00000169. The van der Waals surface area contributed by atoms with Gasteiger partial charge in [0.05, 0.1) is 5.97 Å². The van der Waals surface area contributed by atoms with Crippen molar-refractivity contribution in [3.05, 3.63) is 29.6 Å². The maximum Gasteiger partial charge on any atom is 1.00 e. The molecule has 1 heterocycles. The van der Waals surface area contributed by atoms with Crippen molar-refractivity contribution in [2.24, 2.45) is 0 Å². The molecule has 0 spiro atoms. The molecule has 0 aliphatic rings. The molecule has 70 valence electrons. The van der Waals surface area contributed by atoms with Gasteiger partial charge in [-0.3, -0.25) is 4.98 Å². The smallest absolute Gasteiger partial charge is 0.545 e. The second kappa shape index (κ2) is 4.77. The van der Waals surface area contributed by atoms with E-state index in [0.717, 1.165) is 6.07 Å². The summed E-state index contributed by atoms with van der Waals surface area (Å²) in [7, 11) is 0. The predicted molar refractivity (Wildman–Crippen MR) is 33.6 cm³/mol. The second-order valence-corrected chi connectivity index (χ2v) is 2.22. The molecule has 0 amide bonds. The monoisotopic (exact) mass is 213 g/mol. The molecule has 0 unspecified atom stereocenters. The van der Waals surface area contributed by atoms with Gasteiger partial charge in [-0.2, -0.15) is 13.2 Å². The number of halogens is 3. The molecule has 0 atom stereocenters. The fourth-order valence-electron chi connectivity index (χ4n) is 0.682. The Morgan fingerprint density at radius 1 is 1.36 bits per heavy atom. The second-order valence-electron chi connectivity index (χ2n) is 2.22. The van der Waals surface area contributed by atoms with Gasteiger partial charge in [-0.1, -0.05) is 0 Å². The summed E-state index contributed by atoms with van der Waals surface area (Å²) in [4.78, 5) is 13.1. The first kappa shape index (κ1) is 13.4. The van der Waals surface area contributed by atoms with E-state index >= 15 is 0 Å². The molecule has 14 heavy (non-hydrogen) atoms. The van der Waals surface area contributed by atoms with Crippen molar-refractivity contribution >= 4 is 5.97 Å². The molecule has 1 rings (SSSR count). The van der Waals surface area contributed by atoms with Crippen LogP contribution in [0.2, 0.25) is 0 Å². The topological polar surface area (TPSA) is 53.0 Å². The van der Waals surface area contributed by atoms with Crippen molar-refractivity contribution in [3.63, 3.8) is 0 Å². The number of aromatic carboxylic acids is 1. The molecule has 0 fully saturated rings. The number of alkyl halides is 3. The number of rotatable bonds is 1. The third kappa shape index (κ3) is 3.28. The summed E-state index contributed by atoms with van der Waals surface area (Å²) >= 11 is 0. The average Bonchev–Trinajstić information content (AvgIpc) is 2.03. The molecule has 0 saturated heterocycles. The summed E-state index contributed by atoms with van der Waals surface area (Å²) in [5.74, 6) is -1.55. The van der Waals surface area contributed by atoms with Gasteiger partial charge in [0.1, 0.15) is 5.69 Å². The molecule has 0 aliphatic carbocycles. The summed E-state index contributed by atoms with van der Waals surface area (Å²) in [6, 6.07) is 1.39. The number of hydrogen-bond donors (Lipinski definition) is 0. The Kier molecular flexibility index (Phi) is 4.57. The number of pyridine rings is 1. The van der Waals surface area contributed by atoms with Crippen LogP contribution in [0.1, 0.15) is 16.1 Å². The van der Waals surface area contributed by atoms with Crippen molar-refractivity contribution in [1.29, 1.82) is 0 Å². The van der Waals surface area contributed by atoms with Crippen molar-refractivity contribution in [2.75, 3.05) is 0 Å². The van der Waals surface area contributed by atoms with E-state index < -0.39 is 17.8 Å². The van der Waals surface area contributed by atoms with Gasteiger partial charge in [-0.05, 0) is 12.1 Å². The van der Waals surface area contributed by atoms with E-state index in [2.05, 4.69) is 4.98 Å². The summed E-state index contributed by atoms with van der Waals surface area (Å²) < 4.78 is 35.7. The van der Waals surface area contributed by atoms with Crippen LogP contribution >= 0.6 is 0 Å². The van der Waals surface area contributed by atoms with Crippen molar-refractivity contribution in [3.8, 4) is 0 Å². The van der Waals surface area contributed by atoms with Crippen LogP contribution in [0, 0.1) is 0 Å². The normalized spacial score (nSPS) is 10.5. The molecule has 3 nitrogen and oxygen atoms in total. The third-order valence-corrected chi connectivity index (χ3v) is 1.29. The Bertz CT molecular complexity index is 323. The summed E-state index contributed by atoms with van der Waals surface area (Å²) in [5, 5.41) is 10.1. The first-order valence-electron chi connectivity index (χ1n) is 3.16. The summed E-state index contributed by atoms with van der Waals surface area (Å²) in [6.45, 7) is 0. The van der Waals surface area contributed by atoms with Crippen molar-refractivity contribution in [1.82, 2.24) is 4.98 Å². The van der Waals surface area contributed by atoms with Crippen LogP contribution in [0.5, 0.6) is 0 Å². The number of hydrogen-bond acceptors (Lipinski definition) is 3. The number of carbonyl (C=O) groups excluding carboxylic acids is 1. The van der Waals surface area contributed by atoms with Crippen LogP contribution < -0.4 is 34.7 Å². The zero-order valence-corrected chi connectivity index (χ0v) is 9.13. The molecule has 0 radical (unpaired) electrons. The van der Waals surface area contributed by atoms with Gasteiger partial charge < -0.3 is 9.90 Å². The number of nitrogens with zero attached hydrogens (tertiary/aromatic N) is 1. The minimum absolute atomic E-state index is 0. The van der Waals surface area contributed by atoms with Crippen LogP contribution in [-0.2, 0) is 6.18 Å². The predicted octanol–water partition coefficient (Wildman–Crippen LogP) is -2.53. The summed E-state index contributed by atoms with van der Waals surface area (Å²) in [5.41, 5.74) is -1.51. The molecule has 1 aromatic heterocycles. The van der Waals surface area contributed by atoms with E-state index in [1.165, 1.54) is 0 Å². The van der Waals surface area contributed by atoms with Crippen molar-refractivity contribution in [2.45, 2.75) is 6.18 Å². The molecule has 1 aromatic rings. The van der Waals surface area contributed by atoms with Crippen LogP contribution in [0.3, 0.4) is 0 Å². The fourth-order valence-corrected chi connectivity index (χ4v) is 0.682. The van der Waals surface area contributed by atoms with Gasteiger partial charge in [0.25, 0.3) is 0 Å². The van der Waals surface area contributed by atoms with E-state index in [1.807, 2.05) is 0 Å². The van der Waals surface area contributed by atoms with Gasteiger partial charge in [0.2, 0.25) is 0 Å². The minimum atomic E-state index is -4.55. The van der Waals surface area contributed by atoms with Gasteiger partial charge in [0.15, 0.2) is 0 Å². The minimum Gasteiger partial charge on any atom is -0.545 e. The van der Waals surface area contributed by atoms with Crippen molar-refractivity contribution < 1.29 is 52.6 Å². The van der Waals surface area contributed by atoms with E-state index in [9.17, 15) is 23.1 Å². The first-order chi connectivity index (χ1) is 5.91. The van der Waals surface area contributed by atoms with Gasteiger partial charge in [-0.25, -0.2) is 0 Å². The zero-order valence-electron chi connectivity index (χ0n) is 7.13. The zero-order chi connectivity index (χ0) is 10.1. The maximum atomic E-state index is 11.9. The quantitative estimate of drug-likeness (QED) is 0.483. The third-order valence-electron chi connectivity index (χ3n) is 1.29.